The predicted molar refractivity (Wildman–Crippen MR) is 75.0 cm³/mol. The second kappa shape index (κ2) is 6.68. The van der Waals surface area contributed by atoms with Crippen LogP contribution in [0.3, 0.4) is 0 Å². The van der Waals surface area contributed by atoms with E-state index in [9.17, 15) is 4.79 Å². The third-order valence-corrected chi connectivity index (χ3v) is 3.66. The first-order valence-corrected chi connectivity index (χ1v) is 6.96. The normalized spacial score (nSPS) is 20.2. The molecule has 1 aliphatic heterocycles. The summed E-state index contributed by atoms with van der Waals surface area (Å²) in [7, 11) is 0. The molecule has 4 heteroatoms. The SMILES string of the molecule is CCN1CCCC(NC(=O)c2cccc(CO)c2)C1. The van der Waals surface area contributed by atoms with Gasteiger partial charge in [-0.15, -0.1) is 0 Å². The predicted octanol–water partition coefficient (Wildman–Crippen LogP) is 1.39. The van der Waals surface area contributed by atoms with Crippen molar-refractivity contribution in [3.63, 3.8) is 0 Å². The van der Waals surface area contributed by atoms with Gasteiger partial charge in [-0.05, 0) is 43.6 Å². The van der Waals surface area contributed by atoms with E-state index in [1.807, 2.05) is 6.07 Å². The summed E-state index contributed by atoms with van der Waals surface area (Å²) in [5, 5.41) is 12.2. The van der Waals surface area contributed by atoms with E-state index in [1.54, 1.807) is 18.2 Å². The van der Waals surface area contributed by atoms with Crippen molar-refractivity contribution >= 4 is 5.91 Å². The van der Waals surface area contributed by atoms with E-state index >= 15 is 0 Å². The molecular formula is C15H22N2O2. The maximum atomic E-state index is 12.2. The number of carbonyl (C=O) groups is 1. The van der Waals surface area contributed by atoms with Gasteiger partial charge >= 0.3 is 0 Å². The Morgan fingerprint density at radius 3 is 3.11 bits per heavy atom. The number of hydrogen-bond acceptors (Lipinski definition) is 3. The first kappa shape index (κ1) is 14.0. The van der Waals surface area contributed by atoms with Gasteiger partial charge in [-0.3, -0.25) is 4.79 Å². The highest BCUT2D eigenvalue weighted by Crippen LogP contribution is 2.11. The molecule has 0 bridgehead atoms. The van der Waals surface area contributed by atoms with Crippen molar-refractivity contribution in [3.8, 4) is 0 Å². The van der Waals surface area contributed by atoms with Gasteiger partial charge in [0.2, 0.25) is 0 Å². The largest absolute Gasteiger partial charge is 0.392 e. The second-order valence-corrected chi connectivity index (χ2v) is 5.06. The molecule has 1 saturated heterocycles. The van der Waals surface area contributed by atoms with Crippen LogP contribution in [0.1, 0.15) is 35.7 Å². The fourth-order valence-corrected chi connectivity index (χ4v) is 2.54. The second-order valence-electron chi connectivity index (χ2n) is 5.06. The number of aliphatic hydroxyl groups is 1. The standard InChI is InChI=1S/C15H22N2O2/c1-2-17-8-4-7-14(10-17)16-15(19)13-6-3-5-12(9-13)11-18/h3,5-6,9,14,18H,2,4,7-8,10-11H2,1H3,(H,16,19). The average Bonchev–Trinajstić information content (AvgIpc) is 2.47. The molecule has 2 rings (SSSR count). The van der Waals surface area contributed by atoms with Gasteiger partial charge in [0.05, 0.1) is 6.61 Å². The van der Waals surface area contributed by atoms with Gasteiger partial charge in [-0.25, -0.2) is 0 Å². The highest BCUT2D eigenvalue weighted by Gasteiger charge is 2.20. The molecule has 1 fully saturated rings. The summed E-state index contributed by atoms with van der Waals surface area (Å²) < 4.78 is 0. The number of carbonyl (C=O) groups excluding carboxylic acids is 1. The van der Waals surface area contributed by atoms with Crippen LogP contribution in [-0.4, -0.2) is 41.6 Å². The first-order chi connectivity index (χ1) is 9.22. The van der Waals surface area contributed by atoms with Gasteiger partial charge in [0.15, 0.2) is 0 Å². The average molecular weight is 262 g/mol. The number of nitrogens with one attached hydrogen (secondary N) is 1. The van der Waals surface area contributed by atoms with E-state index < -0.39 is 0 Å². The molecule has 1 aromatic rings. The van der Waals surface area contributed by atoms with Gasteiger partial charge in [0.1, 0.15) is 0 Å². The van der Waals surface area contributed by atoms with Crippen molar-refractivity contribution in [1.82, 2.24) is 10.2 Å². The Morgan fingerprint density at radius 2 is 2.37 bits per heavy atom. The van der Waals surface area contributed by atoms with Crippen LogP contribution in [0.4, 0.5) is 0 Å². The summed E-state index contributed by atoms with van der Waals surface area (Å²) in [6.07, 6.45) is 2.18. The van der Waals surface area contributed by atoms with E-state index in [2.05, 4.69) is 17.1 Å². The van der Waals surface area contributed by atoms with E-state index in [0.29, 0.717) is 5.56 Å². The van der Waals surface area contributed by atoms with Crippen LogP contribution in [-0.2, 0) is 6.61 Å². The van der Waals surface area contributed by atoms with Crippen LogP contribution in [0.5, 0.6) is 0 Å². The molecule has 0 aliphatic carbocycles. The number of aliphatic hydroxyl groups excluding tert-OH is 1. The fraction of sp³-hybridized carbons (Fsp3) is 0.533. The third kappa shape index (κ3) is 3.78. The van der Waals surface area contributed by atoms with Gasteiger partial charge in [-0.2, -0.15) is 0 Å². The highest BCUT2D eigenvalue weighted by molar-refractivity contribution is 5.94. The van der Waals surface area contributed by atoms with Crippen LogP contribution in [0.15, 0.2) is 24.3 Å². The maximum absolute atomic E-state index is 12.2. The lowest BCUT2D eigenvalue weighted by Crippen LogP contribution is -2.47. The minimum atomic E-state index is -0.0433. The van der Waals surface area contributed by atoms with Gasteiger partial charge in [0, 0.05) is 18.2 Å². The minimum Gasteiger partial charge on any atom is -0.392 e. The number of nitrogens with zero attached hydrogens (tertiary/aromatic N) is 1. The zero-order valence-corrected chi connectivity index (χ0v) is 11.4. The molecule has 4 nitrogen and oxygen atoms in total. The smallest absolute Gasteiger partial charge is 0.251 e. The zero-order valence-electron chi connectivity index (χ0n) is 11.4. The first-order valence-electron chi connectivity index (χ1n) is 6.96. The summed E-state index contributed by atoms with van der Waals surface area (Å²) in [6.45, 7) is 5.21. The van der Waals surface area contributed by atoms with Gasteiger partial charge in [-0.1, -0.05) is 19.1 Å². The number of piperidine rings is 1. The summed E-state index contributed by atoms with van der Waals surface area (Å²) in [5.74, 6) is -0.0433. The third-order valence-electron chi connectivity index (χ3n) is 3.66. The zero-order chi connectivity index (χ0) is 13.7. The number of benzene rings is 1. The molecule has 1 amide bonds. The molecule has 1 aliphatic rings. The number of rotatable bonds is 4. The highest BCUT2D eigenvalue weighted by atomic mass is 16.3. The van der Waals surface area contributed by atoms with Crippen LogP contribution in [0.2, 0.25) is 0 Å². The van der Waals surface area contributed by atoms with Crippen molar-refractivity contribution in [1.29, 1.82) is 0 Å². The quantitative estimate of drug-likeness (QED) is 0.862. The molecule has 2 N–H and O–H groups in total. The Labute approximate surface area is 114 Å². The van der Waals surface area contributed by atoms with Gasteiger partial charge in [0.25, 0.3) is 5.91 Å². The number of amides is 1. The van der Waals surface area contributed by atoms with E-state index in [0.717, 1.165) is 38.0 Å². The number of likely N-dealkylation sites (N-methyl/N-ethyl adjacent to an activating group) is 1. The fourth-order valence-electron chi connectivity index (χ4n) is 2.54. The Hall–Kier alpha value is -1.39. The molecule has 0 spiro atoms. The van der Waals surface area contributed by atoms with Crippen LogP contribution < -0.4 is 5.32 Å². The van der Waals surface area contributed by atoms with Crippen molar-refractivity contribution < 1.29 is 9.90 Å². The minimum absolute atomic E-state index is 0.0336. The monoisotopic (exact) mass is 262 g/mol. The molecular weight excluding hydrogens is 240 g/mol. The van der Waals surface area contributed by atoms with Crippen molar-refractivity contribution in [2.75, 3.05) is 19.6 Å². The van der Waals surface area contributed by atoms with Crippen LogP contribution in [0.25, 0.3) is 0 Å². The Morgan fingerprint density at radius 1 is 1.53 bits per heavy atom. The van der Waals surface area contributed by atoms with E-state index in [1.165, 1.54) is 0 Å². The van der Waals surface area contributed by atoms with Crippen molar-refractivity contribution in [2.45, 2.75) is 32.4 Å². The molecule has 1 heterocycles. The summed E-state index contributed by atoms with van der Waals surface area (Å²) in [6, 6.07) is 7.39. The maximum Gasteiger partial charge on any atom is 0.251 e. The molecule has 104 valence electrons. The lowest BCUT2D eigenvalue weighted by Gasteiger charge is -2.32. The summed E-state index contributed by atoms with van der Waals surface area (Å²) in [4.78, 5) is 14.5. The summed E-state index contributed by atoms with van der Waals surface area (Å²) >= 11 is 0. The van der Waals surface area contributed by atoms with Crippen molar-refractivity contribution in [2.24, 2.45) is 0 Å². The molecule has 0 aromatic heterocycles. The van der Waals surface area contributed by atoms with E-state index in [4.69, 9.17) is 5.11 Å². The lowest BCUT2D eigenvalue weighted by molar-refractivity contribution is 0.0905. The van der Waals surface area contributed by atoms with Crippen LogP contribution >= 0.6 is 0 Å². The Kier molecular flexibility index (Phi) is 4.93. The Balaban J connectivity index is 1.96. The molecule has 1 atom stereocenters. The molecule has 0 radical (unpaired) electrons. The number of likely N-dealkylation sites (tertiary alicyclic amines) is 1. The molecule has 1 unspecified atom stereocenters. The van der Waals surface area contributed by atoms with E-state index in [-0.39, 0.29) is 18.6 Å². The molecule has 0 saturated carbocycles. The molecule has 19 heavy (non-hydrogen) atoms. The van der Waals surface area contributed by atoms with Crippen LogP contribution in [0, 0.1) is 0 Å². The topological polar surface area (TPSA) is 52.6 Å². The molecule has 1 aromatic carbocycles. The van der Waals surface area contributed by atoms with Gasteiger partial charge < -0.3 is 15.3 Å². The number of hydrogen-bond donors (Lipinski definition) is 2. The van der Waals surface area contributed by atoms with Crippen molar-refractivity contribution in [3.05, 3.63) is 35.4 Å². The Bertz CT molecular complexity index is 434. The lowest BCUT2D eigenvalue weighted by atomic mass is 10.0. The summed E-state index contributed by atoms with van der Waals surface area (Å²) in [5.41, 5.74) is 1.40.